The van der Waals surface area contributed by atoms with Crippen LogP contribution in [0.5, 0.6) is 17.2 Å². The standard InChI is InChI=1S/C24H33NO3/c1-7-24(3,4)17-9-10-20(26-5)19(14-17)23-18-15-22(28-8-2)21(27-6)13-16(18)11-12-25-23/h9-10,13-15,23,25H,7-8,11-12H2,1-6H3. The normalized spacial score (nSPS) is 16.4. The largest absolute Gasteiger partial charge is 0.496 e. The molecule has 1 atom stereocenters. The van der Waals surface area contributed by atoms with Gasteiger partial charge in [-0.1, -0.05) is 26.8 Å². The van der Waals surface area contributed by atoms with E-state index in [1.807, 2.05) is 6.92 Å². The van der Waals surface area contributed by atoms with Crippen LogP contribution in [0.2, 0.25) is 0 Å². The van der Waals surface area contributed by atoms with Crippen LogP contribution in [0.25, 0.3) is 0 Å². The Morgan fingerprint density at radius 1 is 0.964 bits per heavy atom. The lowest BCUT2D eigenvalue weighted by molar-refractivity contribution is 0.309. The Bertz CT molecular complexity index is 829. The third-order valence-corrected chi connectivity index (χ3v) is 5.99. The summed E-state index contributed by atoms with van der Waals surface area (Å²) in [5, 5.41) is 3.69. The molecule has 1 heterocycles. The molecule has 0 saturated carbocycles. The molecular formula is C24H33NO3. The zero-order valence-corrected chi connectivity index (χ0v) is 18.0. The van der Waals surface area contributed by atoms with E-state index in [4.69, 9.17) is 14.2 Å². The van der Waals surface area contributed by atoms with Gasteiger partial charge in [-0.2, -0.15) is 0 Å². The Morgan fingerprint density at radius 2 is 1.71 bits per heavy atom. The molecule has 0 saturated heterocycles. The number of rotatable bonds is 7. The van der Waals surface area contributed by atoms with Gasteiger partial charge in [0.25, 0.3) is 0 Å². The number of ether oxygens (including phenoxy) is 3. The van der Waals surface area contributed by atoms with Crippen molar-refractivity contribution in [3.63, 3.8) is 0 Å². The van der Waals surface area contributed by atoms with Crippen LogP contribution >= 0.6 is 0 Å². The average molecular weight is 384 g/mol. The first-order chi connectivity index (χ1) is 13.4. The van der Waals surface area contributed by atoms with Crippen molar-refractivity contribution in [1.82, 2.24) is 5.32 Å². The fourth-order valence-corrected chi connectivity index (χ4v) is 3.85. The maximum absolute atomic E-state index is 5.85. The number of nitrogens with one attached hydrogen (secondary N) is 1. The molecule has 0 amide bonds. The summed E-state index contributed by atoms with van der Waals surface area (Å²) in [5.41, 5.74) is 5.16. The molecule has 0 aliphatic carbocycles. The summed E-state index contributed by atoms with van der Waals surface area (Å²) in [6, 6.07) is 10.9. The molecule has 0 radical (unpaired) electrons. The van der Waals surface area contributed by atoms with Crippen LogP contribution in [0.15, 0.2) is 30.3 Å². The smallest absolute Gasteiger partial charge is 0.161 e. The fourth-order valence-electron chi connectivity index (χ4n) is 3.85. The summed E-state index contributed by atoms with van der Waals surface area (Å²) < 4.78 is 17.1. The van der Waals surface area contributed by atoms with Crippen molar-refractivity contribution in [3.8, 4) is 17.2 Å². The Kier molecular flexibility index (Phi) is 6.19. The van der Waals surface area contributed by atoms with Crippen LogP contribution in [0.4, 0.5) is 0 Å². The summed E-state index contributed by atoms with van der Waals surface area (Å²) in [6.45, 7) is 10.3. The lowest BCUT2D eigenvalue weighted by Crippen LogP contribution is -2.31. The predicted octanol–water partition coefficient (Wildman–Crippen LogP) is 5.03. The first-order valence-electron chi connectivity index (χ1n) is 10.2. The molecule has 1 aliphatic rings. The summed E-state index contributed by atoms with van der Waals surface area (Å²) in [4.78, 5) is 0. The minimum Gasteiger partial charge on any atom is -0.496 e. The SMILES string of the molecule is CCOc1cc2c(cc1OC)CCNC2c1cc(C(C)(C)CC)ccc1OC. The highest BCUT2D eigenvalue weighted by atomic mass is 16.5. The Labute approximate surface area is 169 Å². The molecule has 1 aliphatic heterocycles. The first-order valence-corrected chi connectivity index (χ1v) is 10.2. The molecule has 0 aromatic heterocycles. The van der Waals surface area contributed by atoms with E-state index in [2.05, 4.69) is 56.4 Å². The number of methoxy groups -OCH3 is 2. The van der Waals surface area contributed by atoms with E-state index < -0.39 is 0 Å². The van der Waals surface area contributed by atoms with Crippen LogP contribution in [0.1, 0.15) is 62.4 Å². The zero-order valence-electron chi connectivity index (χ0n) is 18.0. The van der Waals surface area contributed by atoms with Crippen molar-refractivity contribution < 1.29 is 14.2 Å². The summed E-state index contributed by atoms with van der Waals surface area (Å²) in [6.07, 6.45) is 2.05. The Morgan fingerprint density at radius 3 is 2.36 bits per heavy atom. The molecule has 2 aromatic carbocycles. The van der Waals surface area contributed by atoms with Crippen molar-refractivity contribution in [2.24, 2.45) is 0 Å². The van der Waals surface area contributed by atoms with Gasteiger partial charge in [-0.3, -0.25) is 0 Å². The third-order valence-electron chi connectivity index (χ3n) is 5.99. The zero-order chi connectivity index (χ0) is 20.3. The number of fused-ring (bicyclic) bond motifs is 1. The first kappa shape index (κ1) is 20.5. The lowest BCUT2D eigenvalue weighted by atomic mass is 9.80. The molecule has 1 N–H and O–H groups in total. The average Bonchev–Trinajstić information content (AvgIpc) is 2.72. The number of hydrogen-bond donors (Lipinski definition) is 1. The van der Waals surface area contributed by atoms with E-state index in [9.17, 15) is 0 Å². The van der Waals surface area contributed by atoms with Gasteiger partial charge in [0.2, 0.25) is 0 Å². The van der Waals surface area contributed by atoms with Gasteiger partial charge in [0, 0.05) is 12.1 Å². The van der Waals surface area contributed by atoms with E-state index >= 15 is 0 Å². The van der Waals surface area contributed by atoms with Crippen molar-refractivity contribution in [1.29, 1.82) is 0 Å². The maximum Gasteiger partial charge on any atom is 0.161 e. The summed E-state index contributed by atoms with van der Waals surface area (Å²) >= 11 is 0. The molecule has 0 bridgehead atoms. The van der Waals surface area contributed by atoms with Crippen LogP contribution < -0.4 is 19.5 Å². The summed E-state index contributed by atoms with van der Waals surface area (Å²) in [7, 11) is 3.44. The number of benzene rings is 2. The Balaban J connectivity index is 2.13. The Hall–Kier alpha value is -2.20. The van der Waals surface area contributed by atoms with Crippen molar-refractivity contribution in [3.05, 3.63) is 52.6 Å². The van der Waals surface area contributed by atoms with E-state index in [1.54, 1.807) is 14.2 Å². The van der Waals surface area contributed by atoms with Crippen molar-refractivity contribution >= 4 is 0 Å². The molecule has 0 fully saturated rings. The second-order valence-electron chi connectivity index (χ2n) is 7.97. The molecule has 1 unspecified atom stereocenters. The van der Waals surface area contributed by atoms with Crippen LogP contribution in [-0.2, 0) is 11.8 Å². The highest BCUT2D eigenvalue weighted by molar-refractivity contribution is 5.54. The van der Waals surface area contributed by atoms with Crippen LogP contribution in [-0.4, -0.2) is 27.4 Å². The van der Waals surface area contributed by atoms with E-state index in [1.165, 1.54) is 22.3 Å². The highest BCUT2D eigenvalue weighted by Gasteiger charge is 2.28. The quantitative estimate of drug-likeness (QED) is 0.728. The molecule has 152 valence electrons. The van der Waals surface area contributed by atoms with Gasteiger partial charge in [0.05, 0.1) is 26.9 Å². The molecular weight excluding hydrogens is 350 g/mol. The minimum atomic E-state index is 0.0661. The van der Waals surface area contributed by atoms with Gasteiger partial charge in [-0.05, 0) is 66.1 Å². The minimum absolute atomic E-state index is 0.0661. The maximum atomic E-state index is 5.85. The van der Waals surface area contributed by atoms with Gasteiger partial charge in [-0.25, -0.2) is 0 Å². The van der Waals surface area contributed by atoms with E-state index in [0.29, 0.717) is 6.61 Å². The molecule has 3 rings (SSSR count). The summed E-state index contributed by atoms with van der Waals surface area (Å²) in [5.74, 6) is 2.50. The second-order valence-corrected chi connectivity index (χ2v) is 7.97. The molecule has 0 spiro atoms. The topological polar surface area (TPSA) is 39.7 Å². The molecule has 4 nitrogen and oxygen atoms in total. The van der Waals surface area contributed by atoms with Crippen molar-refractivity contribution in [2.45, 2.75) is 52.0 Å². The van der Waals surface area contributed by atoms with Gasteiger partial charge in [-0.15, -0.1) is 0 Å². The van der Waals surface area contributed by atoms with Crippen LogP contribution in [0, 0.1) is 0 Å². The lowest BCUT2D eigenvalue weighted by Gasteiger charge is -2.31. The van der Waals surface area contributed by atoms with E-state index in [-0.39, 0.29) is 11.5 Å². The third kappa shape index (κ3) is 3.83. The molecule has 2 aromatic rings. The van der Waals surface area contributed by atoms with Gasteiger partial charge < -0.3 is 19.5 Å². The second kappa shape index (κ2) is 8.44. The molecule has 4 heteroatoms. The van der Waals surface area contributed by atoms with Gasteiger partial charge in [0.15, 0.2) is 11.5 Å². The molecule has 28 heavy (non-hydrogen) atoms. The predicted molar refractivity (Wildman–Crippen MR) is 114 cm³/mol. The van der Waals surface area contributed by atoms with Crippen molar-refractivity contribution in [2.75, 3.05) is 27.4 Å². The highest BCUT2D eigenvalue weighted by Crippen LogP contribution is 2.41. The fraction of sp³-hybridized carbons (Fsp3) is 0.500. The van der Waals surface area contributed by atoms with Gasteiger partial charge in [0.1, 0.15) is 5.75 Å². The monoisotopic (exact) mass is 383 g/mol. The van der Waals surface area contributed by atoms with E-state index in [0.717, 1.165) is 36.6 Å². The van der Waals surface area contributed by atoms with Gasteiger partial charge >= 0.3 is 0 Å². The van der Waals surface area contributed by atoms with Crippen LogP contribution in [0.3, 0.4) is 0 Å². The number of hydrogen-bond acceptors (Lipinski definition) is 4.